The quantitative estimate of drug-likeness (QED) is 0.541. The summed E-state index contributed by atoms with van der Waals surface area (Å²) in [5, 5.41) is 0. The predicted molar refractivity (Wildman–Crippen MR) is 56.9 cm³/mol. The molecular formula is C11H23NO. The standard InChI is InChI=1S/C11H23NO/c1-4-5-6-7-8-9-11(13)10-12(2)3/h4-10H2,1-3H3. The van der Waals surface area contributed by atoms with Gasteiger partial charge in [0.25, 0.3) is 0 Å². The molecule has 0 N–H and O–H groups in total. The van der Waals surface area contributed by atoms with Crippen molar-refractivity contribution in [1.82, 2.24) is 4.90 Å². The molecule has 0 heterocycles. The van der Waals surface area contributed by atoms with Crippen LogP contribution in [0.25, 0.3) is 0 Å². The summed E-state index contributed by atoms with van der Waals surface area (Å²) in [7, 11) is 3.88. The van der Waals surface area contributed by atoms with E-state index in [1.807, 2.05) is 19.0 Å². The molecule has 0 amide bonds. The van der Waals surface area contributed by atoms with Crippen molar-refractivity contribution in [1.29, 1.82) is 0 Å². The lowest BCUT2D eigenvalue weighted by atomic mass is 10.1. The van der Waals surface area contributed by atoms with E-state index in [2.05, 4.69) is 6.92 Å². The molecule has 0 unspecified atom stereocenters. The summed E-state index contributed by atoms with van der Waals surface area (Å²) >= 11 is 0. The van der Waals surface area contributed by atoms with Gasteiger partial charge in [-0.15, -0.1) is 0 Å². The maximum Gasteiger partial charge on any atom is 0.146 e. The summed E-state index contributed by atoms with van der Waals surface area (Å²) in [5.41, 5.74) is 0. The third-order valence-electron chi connectivity index (χ3n) is 2.05. The van der Waals surface area contributed by atoms with Gasteiger partial charge >= 0.3 is 0 Å². The molecule has 2 heteroatoms. The Balaban J connectivity index is 3.17. The number of Topliss-reactive ketones (excluding diaryl/α,β-unsaturated/α-hetero) is 1. The Bertz CT molecular complexity index is 132. The first kappa shape index (κ1) is 12.6. The fourth-order valence-electron chi connectivity index (χ4n) is 1.36. The van der Waals surface area contributed by atoms with Gasteiger partial charge in [-0.3, -0.25) is 4.79 Å². The molecule has 0 aliphatic heterocycles. The van der Waals surface area contributed by atoms with Crippen molar-refractivity contribution < 1.29 is 4.79 Å². The highest BCUT2D eigenvalue weighted by atomic mass is 16.1. The van der Waals surface area contributed by atoms with Crippen LogP contribution in [0.3, 0.4) is 0 Å². The van der Waals surface area contributed by atoms with Crippen molar-refractivity contribution in [3.8, 4) is 0 Å². The predicted octanol–water partition coefficient (Wildman–Crippen LogP) is 2.48. The maximum atomic E-state index is 11.2. The average molecular weight is 185 g/mol. The second-order valence-electron chi connectivity index (χ2n) is 3.94. The van der Waals surface area contributed by atoms with E-state index in [4.69, 9.17) is 0 Å². The van der Waals surface area contributed by atoms with Crippen molar-refractivity contribution >= 4 is 5.78 Å². The number of carbonyl (C=O) groups is 1. The molecular weight excluding hydrogens is 162 g/mol. The summed E-state index contributed by atoms with van der Waals surface area (Å²) in [4.78, 5) is 13.2. The first-order valence-corrected chi connectivity index (χ1v) is 5.33. The van der Waals surface area contributed by atoms with Gasteiger partial charge in [0, 0.05) is 6.42 Å². The van der Waals surface area contributed by atoms with Crippen LogP contribution in [0.1, 0.15) is 45.4 Å². The van der Waals surface area contributed by atoms with E-state index in [-0.39, 0.29) is 0 Å². The van der Waals surface area contributed by atoms with Crippen molar-refractivity contribution in [2.24, 2.45) is 0 Å². The lowest BCUT2D eigenvalue weighted by molar-refractivity contribution is -0.119. The smallest absolute Gasteiger partial charge is 0.146 e. The van der Waals surface area contributed by atoms with Crippen molar-refractivity contribution in [2.75, 3.05) is 20.6 Å². The molecule has 0 radical (unpaired) electrons. The second kappa shape index (κ2) is 8.24. The average Bonchev–Trinajstić information content (AvgIpc) is 2.02. The molecule has 0 saturated carbocycles. The lowest BCUT2D eigenvalue weighted by Gasteiger charge is -2.07. The molecule has 0 bridgehead atoms. The summed E-state index contributed by atoms with van der Waals surface area (Å²) in [6.07, 6.45) is 6.92. The third kappa shape index (κ3) is 9.54. The zero-order chi connectivity index (χ0) is 10.1. The molecule has 0 aliphatic rings. The molecule has 0 aromatic rings. The van der Waals surface area contributed by atoms with Gasteiger partial charge in [-0.25, -0.2) is 0 Å². The van der Waals surface area contributed by atoms with E-state index in [1.54, 1.807) is 0 Å². The molecule has 0 fully saturated rings. The molecule has 0 aromatic heterocycles. The van der Waals surface area contributed by atoms with Crippen LogP contribution in [-0.4, -0.2) is 31.3 Å². The van der Waals surface area contributed by atoms with E-state index in [0.29, 0.717) is 12.3 Å². The molecule has 0 spiro atoms. The lowest BCUT2D eigenvalue weighted by Crippen LogP contribution is -2.21. The Morgan fingerprint density at radius 1 is 1.08 bits per heavy atom. The van der Waals surface area contributed by atoms with E-state index in [1.165, 1.54) is 25.7 Å². The zero-order valence-electron chi connectivity index (χ0n) is 9.31. The Labute approximate surface area is 82.3 Å². The molecule has 2 nitrogen and oxygen atoms in total. The van der Waals surface area contributed by atoms with Crippen LogP contribution >= 0.6 is 0 Å². The van der Waals surface area contributed by atoms with Crippen LogP contribution in [0.4, 0.5) is 0 Å². The Kier molecular flexibility index (Phi) is 8.00. The van der Waals surface area contributed by atoms with Crippen LogP contribution in [-0.2, 0) is 4.79 Å². The second-order valence-corrected chi connectivity index (χ2v) is 3.94. The minimum atomic E-state index is 0.376. The number of unbranched alkanes of at least 4 members (excludes halogenated alkanes) is 4. The van der Waals surface area contributed by atoms with Gasteiger partial charge in [-0.2, -0.15) is 0 Å². The van der Waals surface area contributed by atoms with Gasteiger partial charge in [0.15, 0.2) is 0 Å². The fourth-order valence-corrected chi connectivity index (χ4v) is 1.36. The van der Waals surface area contributed by atoms with Crippen molar-refractivity contribution in [3.05, 3.63) is 0 Å². The fraction of sp³-hybridized carbons (Fsp3) is 0.909. The molecule has 0 rings (SSSR count). The van der Waals surface area contributed by atoms with Gasteiger partial charge in [0.2, 0.25) is 0 Å². The Morgan fingerprint density at radius 2 is 1.69 bits per heavy atom. The first-order valence-electron chi connectivity index (χ1n) is 5.33. The number of rotatable bonds is 8. The molecule has 78 valence electrons. The molecule has 0 saturated heterocycles. The van der Waals surface area contributed by atoms with Crippen LogP contribution in [0.2, 0.25) is 0 Å². The SMILES string of the molecule is CCCCCCCC(=O)CN(C)C. The van der Waals surface area contributed by atoms with Gasteiger partial charge in [0.1, 0.15) is 5.78 Å². The Morgan fingerprint density at radius 3 is 2.23 bits per heavy atom. The summed E-state index contributed by atoms with van der Waals surface area (Å²) in [6, 6.07) is 0. The largest absolute Gasteiger partial charge is 0.302 e. The summed E-state index contributed by atoms with van der Waals surface area (Å²) in [5.74, 6) is 0.376. The maximum absolute atomic E-state index is 11.2. The topological polar surface area (TPSA) is 20.3 Å². The molecule has 0 atom stereocenters. The van der Waals surface area contributed by atoms with Gasteiger partial charge in [0.05, 0.1) is 6.54 Å². The van der Waals surface area contributed by atoms with E-state index >= 15 is 0 Å². The number of hydrogen-bond acceptors (Lipinski definition) is 2. The number of hydrogen-bond donors (Lipinski definition) is 0. The van der Waals surface area contributed by atoms with Gasteiger partial charge in [-0.1, -0.05) is 32.6 Å². The van der Waals surface area contributed by atoms with Crippen LogP contribution in [0.5, 0.6) is 0 Å². The van der Waals surface area contributed by atoms with Gasteiger partial charge in [-0.05, 0) is 20.5 Å². The van der Waals surface area contributed by atoms with Crippen LogP contribution in [0.15, 0.2) is 0 Å². The van der Waals surface area contributed by atoms with Crippen molar-refractivity contribution in [2.45, 2.75) is 45.4 Å². The van der Waals surface area contributed by atoms with E-state index in [0.717, 1.165) is 12.8 Å². The summed E-state index contributed by atoms with van der Waals surface area (Å²) in [6.45, 7) is 2.81. The zero-order valence-corrected chi connectivity index (χ0v) is 9.31. The minimum Gasteiger partial charge on any atom is -0.302 e. The normalized spacial score (nSPS) is 10.8. The Hall–Kier alpha value is -0.370. The van der Waals surface area contributed by atoms with Crippen LogP contribution < -0.4 is 0 Å². The van der Waals surface area contributed by atoms with E-state index < -0.39 is 0 Å². The molecule has 0 aromatic carbocycles. The number of ketones is 1. The monoisotopic (exact) mass is 185 g/mol. The number of likely N-dealkylation sites (N-methyl/N-ethyl adjacent to an activating group) is 1. The van der Waals surface area contributed by atoms with E-state index in [9.17, 15) is 4.79 Å². The first-order chi connectivity index (χ1) is 6.16. The summed E-state index contributed by atoms with van der Waals surface area (Å²) < 4.78 is 0. The molecule has 13 heavy (non-hydrogen) atoms. The number of carbonyl (C=O) groups excluding carboxylic acids is 1. The van der Waals surface area contributed by atoms with Crippen LogP contribution in [0, 0.1) is 0 Å². The third-order valence-corrected chi connectivity index (χ3v) is 2.05. The van der Waals surface area contributed by atoms with Gasteiger partial charge < -0.3 is 4.90 Å². The van der Waals surface area contributed by atoms with Crippen molar-refractivity contribution in [3.63, 3.8) is 0 Å². The minimum absolute atomic E-state index is 0.376. The number of nitrogens with zero attached hydrogens (tertiary/aromatic N) is 1. The highest BCUT2D eigenvalue weighted by Gasteiger charge is 2.02. The highest BCUT2D eigenvalue weighted by molar-refractivity contribution is 5.80. The molecule has 0 aliphatic carbocycles. The highest BCUT2D eigenvalue weighted by Crippen LogP contribution is 2.05.